The maximum atomic E-state index is 14.3. The van der Waals surface area contributed by atoms with Gasteiger partial charge in [0, 0.05) is 6.07 Å². The fraction of sp³-hybridized carbons (Fsp3) is 0.143. The van der Waals surface area contributed by atoms with Crippen molar-refractivity contribution >= 4 is 11.4 Å². The number of benzene rings is 3. The van der Waals surface area contributed by atoms with E-state index in [-0.39, 0.29) is 18.2 Å². The van der Waals surface area contributed by atoms with Gasteiger partial charge in [-0.2, -0.15) is 48.3 Å². The largest absolute Gasteiger partial charge is 0.453 e. The molecule has 3 rings (SSSR count). The second kappa shape index (κ2) is 9.77. The number of nitrogens with two attached hydrogens (primary N) is 2. The van der Waals surface area contributed by atoms with Gasteiger partial charge in [0.1, 0.15) is 22.6 Å². The van der Waals surface area contributed by atoms with Gasteiger partial charge in [-0.25, -0.2) is 17.6 Å². The predicted octanol–water partition coefficient (Wildman–Crippen LogP) is 8.33. The normalized spacial score (nSPS) is 12.6. The first kappa shape index (κ1) is 30.4. The molecule has 0 radical (unpaired) electrons. The number of nitrogen functional groups attached to an aromatic ring is 2. The Kier molecular flexibility index (Phi) is 7.42. The van der Waals surface area contributed by atoms with Crippen LogP contribution in [0, 0.1) is 34.9 Å². The number of alkyl halides is 9. The molecule has 0 aliphatic heterocycles. The van der Waals surface area contributed by atoms with Gasteiger partial charge in [0.2, 0.25) is 11.6 Å². The summed E-state index contributed by atoms with van der Waals surface area (Å²) in [6, 6.07) is -0.224. The van der Waals surface area contributed by atoms with Gasteiger partial charge in [0.25, 0.3) is 0 Å². The van der Waals surface area contributed by atoms with Crippen LogP contribution in [0.1, 0.15) is 16.7 Å². The average molecular weight is 604 g/mol. The van der Waals surface area contributed by atoms with Crippen LogP contribution in [0.2, 0.25) is 0 Å². The van der Waals surface area contributed by atoms with Crippen molar-refractivity contribution < 1.29 is 75.3 Å². The highest BCUT2D eigenvalue weighted by Gasteiger charge is 2.44. The zero-order valence-electron chi connectivity index (χ0n) is 18.4. The lowest BCUT2D eigenvalue weighted by Gasteiger charge is -2.21. The second-order valence-electron chi connectivity index (χ2n) is 7.47. The Balaban J connectivity index is 2.29. The smallest absolute Gasteiger partial charge is 0.422 e. The number of hydrogen-bond acceptors (Lipinski definition) is 4. The molecule has 4 nitrogen and oxygen atoms in total. The molecule has 3 aromatic carbocycles. The fourth-order valence-electron chi connectivity index (χ4n) is 3.18. The number of anilines is 2. The summed E-state index contributed by atoms with van der Waals surface area (Å²) >= 11 is 0. The molecule has 40 heavy (non-hydrogen) atoms. The van der Waals surface area contributed by atoms with E-state index in [1.165, 1.54) is 0 Å². The number of halogens is 15. The highest BCUT2D eigenvalue weighted by atomic mass is 19.4. The molecule has 0 amide bonds. The summed E-state index contributed by atoms with van der Waals surface area (Å²) in [6.07, 6.45) is -17.2. The summed E-state index contributed by atoms with van der Waals surface area (Å²) < 4.78 is 213. The molecule has 0 bridgehead atoms. The van der Waals surface area contributed by atoms with Crippen molar-refractivity contribution in [3.63, 3.8) is 0 Å². The SMILES string of the molecule is Nc1c(F)c(F)c(F)c(Oc2ccc(C(F)(F)F)c(Oc3c(F)c(F)c(F)c(N)c3C(F)(F)F)c2)c1C(F)(F)F. The first-order chi connectivity index (χ1) is 18.1. The van der Waals surface area contributed by atoms with Crippen LogP contribution in [0.25, 0.3) is 0 Å². The quantitative estimate of drug-likeness (QED) is 0.179. The van der Waals surface area contributed by atoms with Crippen molar-refractivity contribution in [2.75, 3.05) is 11.5 Å². The molecule has 4 N–H and O–H groups in total. The molecule has 0 fully saturated rings. The average Bonchev–Trinajstić information content (AvgIpc) is 2.81. The zero-order chi connectivity index (χ0) is 30.7. The molecular weight excluding hydrogens is 597 g/mol. The standard InChI is InChI=1S/C21H7F15N2O2/c22-9-11(24)15(37)7(20(31,32)33)17(13(9)26)39-4-1-2-5(19(28,29)30)6(3-4)40-18-8(21(34,35)36)16(38)12(25)10(23)14(18)27/h1-3H,37-38H2. The van der Waals surface area contributed by atoms with Crippen LogP contribution < -0.4 is 20.9 Å². The van der Waals surface area contributed by atoms with Crippen LogP contribution in [-0.4, -0.2) is 0 Å². The number of hydrogen-bond donors (Lipinski definition) is 2. The Morgan fingerprint density at radius 2 is 0.900 bits per heavy atom. The molecule has 0 aromatic heterocycles. The van der Waals surface area contributed by atoms with E-state index in [0.29, 0.717) is 0 Å². The van der Waals surface area contributed by atoms with Gasteiger partial charge in [-0.3, -0.25) is 0 Å². The van der Waals surface area contributed by atoms with Crippen molar-refractivity contribution in [3.8, 4) is 23.0 Å². The highest BCUT2D eigenvalue weighted by Crippen LogP contribution is 2.49. The van der Waals surface area contributed by atoms with E-state index in [2.05, 4.69) is 9.47 Å². The molecule has 3 aromatic rings. The summed E-state index contributed by atoms with van der Waals surface area (Å²) in [4.78, 5) is 0. The lowest BCUT2D eigenvalue weighted by atomic mass is 10.1. The van der Waals surface area contributed by atoms with Gasteiger partial charge < -0.3 is 20.9 Å². The zero-order valence-corrected chi connectivity index (χ0v) is 18.4. The fourth-order valence-corrected chi connectivity index (χ4v) is 3.18. The van der Waals surface area contributed by atoms with E-state index in [1.54, 1.807) is 0 Å². The minimum Gasteiger partial charge on any atom is -0.453 e. The van der Waals surface area contributed by atoms with Gasteiger partial charge in [-0.15, -0.1) is 0 Å². The van der Waals surface area contributed by atoms with Crippen LogP contribution in [0.5, 0.6) is 23.0 Å². The van der Waals surface area contributed by atoms with Crippen LogP contribution in [-0.2, 0) is 18.5 Å². The van der Waals surface area contributed by atoms with E-state index in [1.807, 2.05) is 0 Å². The summed E-state index contributed by atoms with van der Waals surface area (Å²) in [7, 11) is 0. The van der Waals surface area contributed by atoms with Gasteiger partial charge >= 0.3 is 18.5 Å². The van der Waals surface area contributed by atoms with Gasteiger partial charge in [-0.1, -0.05) is 0 Å². The molecular formula is C21H7F15N2O2. The summed E-state index contributed by atoms with van der Waals surface area (Å²) in [5.74, 6) is -23.9. The molecule has 0 saturated carbocycles. The third-order valence-electron chi connectivity index (χ3n) is 4.89. The summed E-state index contributed by atoms with van der Waals surface area (Å²) in [5.41, 5.74) is -1.74. The second-order valence-corrected chi connectivity index (χ2v) is 7.47. The number of rotatable bonds is 4. The van der Waals surface area contributed by atoms with E-state index < -0.39 is 104 Å². The Hall–Kier alpha value is -4.19. The Labute approximate surface area is 210 Å². The van der Waals surface area contributed by atoms with E-state index in [0.717, 1.165) is 0 Å². The lowest BCUT2D eigenvalue weighted by molar-refractivity contribution is -0.140. The lowest BCUT2D eigenvalue weighted by Crippen LogP contribution is -2.16. The Bertz CT molecular complexity index is 1490. The minimum atomic E-state index is -5.88. The molecule has 218 valence electrons. The van der Waals surface area contributed by atoms with E-state index >= 15 is 0 Å². The predicted molar refractivity (Wildman–Crippen MR) is 103 cm³/mol. The first-order valence-corrected chi connectivity index (χ1v) is 9.72. The van der Waals surface area contributed by atoms with Gasteiger partial charge in [0.15, 0.2) is 34.8 Å². The van der Waals surface area contributed by atoms with E-state index in [4.69, 9.17) is 11.5 Å². The van der Waals surface area contributed by atoms with Gasteiger partial charge in [-0.05, 0) is 12.1 Å². The maximum absolute atomic E-state index is 14.3. The topological polar surface area (TPSA) is 70.5 Å². The molecule has 0 aliphatic rings. The molecule has 0 unspecified atom stereocenters. The molecule has 0 heterocycles. The summed E-state index contributed by atoms with van der Waals surface area (Å²) in [5, 5.41) is 0. The van der Waals surface area contributed by atoms with Crippen molar-refractivity contribution in [1.82, 2.24) is 0 Å². The Morgan fingerprint density at radius 1 is 0.500 bits per heavy atom. The van der Waals surface area contributed by atoms with Crippen LogP contribution in [0.15, 0.2) is 18.2 Å². The van der Waals surface area contributed by atoms with Crippen LogP contribution in [0.3, 0.4) is 0 Å². The van der Waals surface area contributed by atoms with Crippen LogP contribution in [0.4, 0.5) is 77.2 Å². The van der Waals surface area contributed by atoms with Crippen molar-refractivity contribution in [2.45, 2.75) is 18.5 Å². The maximum Gasteiger partial charge on any atom is 0.422 e. The molecule has 19 heteroatoms. The van der Waals surface area contributed by atoms with Crippen molar-refractivity contribution in [2.24, 2.45) is 0 Å². The highest BCUT2D eigenvalue weighted by molar-refractivity contribution is 5.61. The third kappa shape index (κ3) is 5.31. The van der Waals surface area contributed by atoms with Crippen LogP contribution >= 0.6 is 0 Å². The van der Waals surface area contributed by atoms with Crippen molar-refractivity contribution in [3.05, 3.63) is 69.8 Å². The Morgan fingerprint density at radius 3 is 1.27 bits per heavy atom. The third-order valence-corrected chi connectivity index (χ3v) is 4.89. The molecule has 0 aliphatic carbocycles. The first-order valence-electron chi connectivity index (χ1n) is 9.72. The monoisotopic (exact) mass is 604 g/mol. The number of ether oxygens (including phenoxy) is 2. The van der Waals surface area contributed by atoms with Crippen molar-refractivity contribution in [1.29, 1.82) is 0 Å². The van der Waals surface area contributed by atoms with Gasteiger partial charge in [0.05, 0.1) is 16.9 Å². The van der Waals surface area contributed by atoms with E-state index in [9.17, 15) is 65.9 Å². The molecule has 0 spiro atoms. The molecule has 0 saturated heterocycles. The minimum absolute atomic E-state index is 0.118. The summed E-state index contributed by atoms with van der Waals surface area (Å²) in [6.45, 7) is 0. The molecule has 0 atom stereocenters.